The van der Waals surface area contributed by atoms with Crippen LogP contribution in [0.25, 0.3) is 10.8 Å². The van der Waals surface area contributed by atoms with Crippen molar-refractivity contribution in [2.24, 2.45) is 0 Å². The molecule has 5 rings (SSSR count). The average Bonchev–Trinajstić information content (AvgIpc) is 3.03. The molecule has 0 amide bonds. The van der Waals surface area contributed by atoms with E-state index in [0.717, 1.165) is 53.8 Å². The molecular weight excluding hydrogens is 514 g/mol. The van der Waals surface area contributed by atoms with Crippen LogP contribution >= 0.6 is 0 Å². The van der Waals surface area contributed by atoms with Crippen LogP contribution in [-0.4, -0.2) is 45.8 Å². The average molecular weight is 556 g/mol. The highest BCUT2D eigenvalue weighted by Gasteiger charge is 2.27. The predicted molar refractivity (Wildman–Crippen MR) is 163 cm³/mol. The maximum Gasteiger partial charge on any atom is 0.196 e. The molecular formula is C35H41NO5. The van der Waals surface area contributed by atoms with E-state index in [0.29, 0.717) is 32.3 Å². The van der Waals surface area contributed by atoms with Crippen molar-refractivity contribution in [1.29, 1.82) is 0 Å². The maximum atomic E-state index is 6.52. The molecule has 1 saturated heterocycles. The minimum atomic E-state index is -0.315. The molecule has 6 nitrogen and oxygen atoms in total. The van der Waals surface area contributed by atoms with Gasteiger partial charge in [0.15, 0.2) is 6.29 Å². The van der Waals surface area contributed by atoms with Crippen molar-refractivity contribution in [3.8, 4) is 11.5 Å². The van der Waals surface area contributed by atoms with Gasteiger partial charge in [0.05, 0.1) is 32.5 Å². The number of benzene rings is 4. The van der Waals surface area contributed by atoms with Crippen LogP contribution in [0.5, 0.6) is 11.5 Å². The molecule has 0 saturated carbocycles. The van der Waals surface area contributed by atoms with Gasteiger partial charge in [-0.3, -0.25) is 0 Å². The molecule has 4 aromatic rings. The lowest BCUT2D eigenvalue weighted by molar-refractivity contribution is -0.0373. The Morgan fingerprint density at radius 1 is 0.854 bits per heavy atom. The Morgan fingerprint density at radius 3 is 2.54 bits per heavy atom. The van der Waals surface area contributed by atoms with Crippen LogP contribution in [0.2, 0.25) is 0 Å². The van der Waals surface area contributed by atoms with Gasteiger partial charge in [-0.1, -0.05) is 66.7 Å². The molecule has 41 heavy (non-hydrogen) atoms. The summed E-state index contributed by atoms with van der Waals surface area (Å²) in [5, 5.41) is 5.71. The van der Waals surface area contributed by atoms with Crippen LogP contribution in [0, 0.1) is 0 Å². The standard InChI is InChI=1S/C35H41NO5/c1-26(37-2)41-34-11-6-10-29-13-12-28(22-33(29)34)25-40-35-23-36-19-18-32(35)30-14-16-31(17-15-30)39-21-7-20-38-24-27-8-4-3-5-9-27/h3-6,8-17,22,26,32,35-36H,7,18-21,23-25H2,1-2H3. The van der Waals surface area contributed by atoms with Crippen LogP contribution in [0.1, 0.15) is 42.4 Å². The summed E-state index contributed by atoms with van der Waals surface area (Å²) in [5.74, 6) is 2.04. The Labute approximate surface area is 243 Å². The molecule has 0 spiro atoms. The third-order valence-corrected chi connectivity index (χ3v) is 7.54. The summed E-state index contributed by atoms with van der Waals surface area (Å²) in [6, 6.07) is 31.3. The third kappa shape index (κ3) is 8.30. The van der Waals surface area contributed by atoms with Crippen LogP contribution in [0.15, 0.2) is 91.0 Å². The van der Waals surface area contributed by atoms with Gasteiger partial charge in [-0.25, -0.2) is 0 Å². The molecule has 0 aliphatic carbocycles. The molecule has 1 N–H and O–H groups in total. The summed E-state index contributed by atoms with van der Waals surface area (Å²) in [5.41, 5.74) is 3.61. The van der Waals surface area contributed by atoms with E-state index in [1.165, 1.54) is 11.1 Å². The summed E-state index contributed by atoms with van der Waals surface area (Å²) >= 11 is 0. The summed E-state index contributed by atoms with van der Waals surface area (Å²) in [6.07, 6.45) is 1.67. The number of methoxy groups -OCH3 is 1. The zero-order valence-electron chi connectivity index (χ0n) is 24.1. The Hall–Kier alpha value is -3.42. The lowest BCUT2D eigenvalue weighted by Crippen LogP contribution is -2.40. The topological polar surface area (TPSA) is 58.2 Å². The zero-order valence-corrected chi connectivity index (χ0v) is 24.1. The van der Waals surface area contributed by atoms with E-state index in [1.54, 1.807) is 7.11 Å². The first kappa shape index (κ1) is 29.1. The van der Waals surface area contributed by atoms with Crippen molar-refractivity contribution >= 4 is 10.8 Å². The lowest BCUT2D eigenvalue weighted by Gasteiger charge is -2.32. The molecule has 3 unspecified atom stereocenters. The molecule has 0 aromatic heterocycles. The number of hydrogen-bond donors (Lipinski definition) is 1. The number of piperidine rings is 1. The van der Waals surface area contributed by atoms with Crippen molar-refractivity contribution in [2.45, 2.75) is 51.3 Å². The molecule has 1 heterocycles. The number of nitrogens with one attached hydrogen (secondary N) is 1. The minimum Gasteiger partial charge on any atom is -0.494 e. The zero-order chi connectivity index (χ0) is 28.3. The van der Waals surface area contributed by atoms with Crippen molar-refractivity contribution in [2.75, 3.05) is 33.4 Å². The molecule has 0 radical (unpaired) electrons. The molecule has 3 atom stereocenters. The molecule has 216 valence electrons. The van der Waals surface area contributed by atoms with Gasteiger partial charge in [0.2, 0.25) is 0 Å². The SMILES string of the molecule is COC(C)Oc1cccc2ccc(COC3CNCCC3c3ccc(OCCCOCc4ccccc4)cc3)cc12. The van der Waals surface area contributed by atoms with Gasteiger partial charge in [-0.15, -0.1) is 0 Å². The van der Waals surface area contributed by atoms with Crippen LogP contribution in [0.3, 0.4) is 0 Å². The van der Waals surface area contributed by atoms with Crippen molar-refractivity contribution in [3.05, 3.63) is 108 Å². The molecule has 1 aliphatic heterocycles. The second kappa shape index (κ2) is 15.0. The largest absolute Gasteiger partial charge is 0.494 e. The Balaban J connectivity index is 1.12. The first-order valence-corrected chi connectivity index (χ1v) is 14.6. The Kier molecular flexibility index (Phi) is 10.6. The molecule has 1 aliphatic rings. The monoisotopic (exact) mass is 555 g/mol. The minimum absolute atomic E-state index is 0.0907. The van der Waals surface area contributed by atoms with Gasteiger partial charge in [0.25, 0.3) is 0 Å². The van der Waals surface area contributed by atoms with E-state index < -0.39 is 0 Å². The predicted octanol–water partition coefficient (Wildman–Crippen LogP) is 6.86. The van der Waals surface area contributed by atoms with Crippen LogP contribution in [-0.2, 0) is 27.4 Å². The first-order chi connectivity index (χ1) is 20.2. The molecule has 0 bridgehead atoms. The van der Waals surface area contributed by atoms with E-state index in [2.05, 4.69) is 66.0 Å². The Bertz CT molecular complexity index is 1340. The first-order valence-electron chi connectivity index (χ1n) is 14.6. The van der Waals surface area contributed by atoms with Crippen LogP contribution < -0.4 is 14.8 Å². The highest BCUT2D eigenvalue weighted by molar-refractivity contribution is 5.88. The number of rotatable bonds is 14. The van der Waals surface area contributed by atoms with E-state index in [-0.39, 0.29) is 12.4 Å². The summed E-state index contributed by atoms with van der Waals surface area (Å²) in [7, 11) is 1.65. The molecule has 4 aromatic carbocycles. The normalized spacial score (nSPS) is 17.8. The van der Waals surface area contributed by atoms with Crippen LogP contribution in [0.4, 0.5) is 0 Å². The Morgan fingerprint density at radius 2 is 1.71 bits per heavy atom. The van der Waals surface area contributed by atoms with E-state index in [4.69, 9.17) is 23.7 Å². The van der Waals surface area contributed by atoms with Crippen molar-refractivity contribution in [3.63, 3.8) is 0 Å². The quantitative estimate of drug-likeness (QED) is 0.136. The van der Waals surface area contributed by atoms with E-state index in [1.807, 2.05) is 37.3 Å². The third-order valence-electron chi connectivity index (χ3n) is 7.54. The van der Waals surface area contributed by atoms with Gasteiger partial charge in [0.1, 0.15) is 11.5 Å². The maximum absolute atomic E-state index is 6.52. The van der Waals surface area contributed by atoms with Gasteiger partial charge in [-0.2, -0.15) is 0 Å². The highest BCUT2D eigenvalue weighted by Crippen LogP contribution is 2.31. The van der Waals surface area contributed by atoms with E-state index >= 15 is 0 Å². The second-order valence-electron chi connectivity index (χ2n) is 10.5. The van der Waals surface area contributed by atoms with Crippen molar-refractivity contribution in [1.82, 2.24) is 5.32 Å². The fraction of sp³-hybridized carbons (Fsp3) is 0.371. The second-order valence-corrected chi connectivity index (χ2v) is 10.5. The summed E-state index contributed by atoms with van der Waals surface area (Å²) in [6.45, 7) is 6.21. The number of fused-ring (bicyclic) bond motifs is 1. The van der Waals surface area contributed by atoms with Gasteiger partial charge in [-0.05, 0) is 66.2 Å². The fourth-order valence-corrected chi connectivity index (χ4v) is 5.23. The smallest absolute Gasteiger partial charge is 0.196 e. The van der Waals surface area contributed by atoms with Gasteiger partial charge >= 0.3 is 0 Å². The summed E-state index contributed by atoms with van der Waals surface area (Å²) in [4.78, 5) is 0. The summed E-state index contributed by atoms with van der Waals surface area (Å²) < 4.78 is 29.5. The molecule has 6 heteroatoms. The van der Waals surface area contributed by atoms with Gasteiger partial charge < -0.3 is 29.0 Å². The fourth-order valence-electron chi connectivity index (χ4n) is 5.23. The number of ether oxygens (including phenoxy) is 5. The van der Waals surface area contributed by atoms with Gasteiger partial charge in [0, 0.05) is 31.4 Å². The highest BCUT2D eigenvalue weighted by atomic mass is 16.7. The lowest BCUT2D eigenvalue weighted by atomic mass is 9.87. The van der Waals surface area contributed by atoms with E-state index in [9.17, 15) is 0 Å². The number of hydrogen-bond acceptors (Lipinski definition) is 6. The molecule has 1 fully saturated rings. The van der Waals surface area contributed by atoms with Crippen molar-refractivity contribution < 1.29 is 23.7 Å².